The van der Waals surface area contributed by atoms with Crippen molar-refractivity contribution in [1.29, 1.82) is 0 Å². The van der Waals surface area contributed by atoms with Crippen molar-refractivity contribution in [3.8, 4) is 11.3 Å². The zero-order chi connectivity index (χ0) is 16.4. The zero-order valence-corrected chi connectivity index (χ0v) is 13.9. The largest absolute Gasteiger partial charge is 0.337 e. The number of rotatable bonds is 2. The van der Waals surface area contributed by atoms with E-state index in [1.807, 2.05) is 6.07 Å². The predicted molar refractivity (Wildman–Crippen MR) is 90.6 cm³/mol. The molecule has 0 bridgehead atoms. The second-order valence-corrected chi connectivity index (χ2v) is 6.36. The molecule has 1 aromatic heterocycles. The molecule has 3 rings (SSSR count). The summed E-state index contributed by atoms with van der Waals surface area (Å²) in [5.74, 6) is -0.0967. The number of piperidine rings is 1. The van der Waals surface area contributed by atoms with E-state index in [-0.39, 0.29) is 11.9 Å². The second-order valence-electron chi connectivity index (χ2n) is 5.55. The number of halogens is 2. The molecule has 5 nitrogen and oxygen atoms in total. The molecule has 2 heterocycles. The van der Waals surface area contributed by atoms with Crippen LogP contribution in [0.15, 0.2) is 30.6 Å². The summed E-state index contributed by atoms with van der Waals surface area (Å²) in [5.41, 5.74) is 7.67. The van der Waals surface area contributed by atoms with Gasteiger partial charge < -0.3 is 10.6 Å². The van der Waals surface area contributed by atoms with Gasteiger partial charge >= 0.3 is 0 Å². The molecule has 0 spiro atoms. The molecule has 23 heavy (non-hydrogen) atoms. The first-order chi connectivity index (χ1) is 11.0. The van der Waals surface area contributed by atoms with Gasteiger partial charge in [-0.1, -0.05) is 29.3 Å². The molecular formula is C16H16Cl2N4O. The molecule has 120 valence electrons. The van der Waals surface area contributed by atoms with Crippen molar-refractivity contribution in [2.24, 2.45) is 5.73 Å². The van der Waals surface area contributed by atoms with Crippen LogP contribution in [0.5, 0.6) is 0 Å². The molecule has 0 aliphatic carbocycles. The third-order valence-electron chi connectivity index (χ3n) is 3.93. The summed E-state index contributed by atoms with van der Waals surface area (Å²) in [7, 11) is 0. The smallest absolute Gasteiger partial charge is 0.272 e. The van der Waals surface area contributed by atoms with Crippen LogP contribution in [0, 0.1) is 0 Å². The van der Waals surface area contributed by atoms with E-state index in [9.17, 15) is 4.79 Å². The van der Waals surface area contributed by atoms with E-state index in [0.29, 0.717) is 34.5 Å². The topological polar surface area (TPSA) is 72.1 Å². The lowest BCUT2D eigenvalue weighted by Gasteiger charge is -2.29. The normalized spacial score (nSPS) is 15.7. The minimum Gasteiger partial charge on any atom is -0.337 e. The van der Waals surface area contributed by atoms with Gasteiger partial charge in [-0.25, -0.2) is 9.97 Å². The average molecular weight is 351 g/mol. The fourth-order valence-corrected chi connectivity index (χ4v) is 2.85. The van der Waals surface area contributed by atoms with Gasteiger partial charge in [0.2, 0.25) is 0 Å². The molecule has 1 fully saturated rings. The van der Waals surface area contributed by atoms with E-state index in [1.165, 1.54) is 6.33 Å². The van der Waals surface area contributed by atoms with Crippen molar-refractivity contribution in [2.75, 3.05) is 13.1 Å². The summed E-state index contributed by atoms with van der Waals surface area (Å²) in [6, 6.07) is 7.09. The maximum absolute atomic E-state index is 12.6. The Morgan fingerprint density at radius 2 is 1.87 bits per heavy atom. The summed E-state index contributed by atoms with van der Waals surface area (Å²) >= 11 is 12.0. The standard InChI is InChI=1S/C16H16Cl2N4O/c17-12-2-1-10(7-13(12)18)14-8-15(21-9-20-14)16(23)22-5-3-11(19)4-6-22/h1-2,7-9,11H,3-6,19H2. The molecule has 1 aliphatic heterocycles. The average Bonchev–Trinajstić information content (AvgIpc) is 2.57. The van der Waals surface area contributed by atoms with Gasteiger partial charge in [-0.3, -0.25) is 4.79 Å². The number of hydrogen-bond donors (Lipinski definition) is 1. The van der Waals surface area contributed by atoms with Gasteiger partial charge in [-0.15, -0.1) is 0 Å². The predicted octanol–water partition coefficient (Wildman–Crippen LogP) is 3.01. The molecule has 0 unspecified atom stereocenters. The van der Waals surface area contributed by atoms with Crippen LogP contribution in [0.1, 0.15) is 23.3 Å². The Bertz CT molecular complexity index is 730. The summed E-state index contributed by atoms with van der Waals surface area (Å²) in [6.07, 6.45) is 3.02. The molecule has 0 atom stereocenters. The first-order valence-corrected chi connectivity index (χ1v) is 8.12. The number of benzene rings is 1. The van der Waals surface area contributed by atoms with E-state index < -0.39 is 0 Å². The van der Waals surface area contributed by atoms with E-state index in [2.05, 4.69) is 9.97 Å². The minimum absolute atomic E-state index is 0.0967. The summed E-state index contributed by atoms with van der Waals surface area (Å²) in [4.78, 5) is 22.7. The molecule has 7 heteroatoms. The van der Waals surface area contributed by atoms with Crippen LogP contribution in [0.25, 0.3) is 11.3 Å². The van der Waals surface area contributed by atoms with Crippen molar-refractivity contribution in [2.45, 2.75) is 18.9 Å². The second kappa shape index (κ2) is 6.83. The lowest BCUT2D eigenvalue weighted by Crippen LogP contribution is -2.43. The number of amides is 1. The first-order valence-electron chi connectivity index (χ1n) is 7.37. The highest BCUT2D eigenvalue weighted by atomic mass is 35.5. The number of aromatic nitrogens is 2. The van der Waals surface area contributed by atoms with Crippen LogP contribution >= 0.6 is 23.2 Å². The van der Waals surface area contributed by atoms with E-state index in [1.54, 1.807) is 23.1 Å². The molecule has 1 aliphatic rings. The van der Waals surface area contributed by atoms with Gasteiger partial charge in [-0.05, 0) is 31.0 Å². The number of hydrogen-bond acceptors (Lipinski definition) is 4. The number of carbonyl (C=O) groups excluding carboxylic acids is 1. The van der Waals surface area contributed by atoms with Gasteiger partial charge in [0, 0.05) is 24.7 Å². The molecule has 1 aromatic carbocycles. The Hall–Kier alpha value is -1.69. The van der Waals surface area contributed by atoms with Crippen LogP contribution in [0.3, 0.4) is 0 Å². The Morgan fingerprint density at radius 3 is 2.57 bits per heavy atom. The van der Waals surface area contributed by atoms with E-state index in [0.717, 1.165) is 18.4 Å². The Labute approximate surface area is 144 Å². The van der Waals surface area contributed by atoms with Crippen molar-refractivity contribution in [3.05, 3.63) is 46.3 Å². The van der Waals surface area contributed by atoms with Crippen molar-refractivity contribution >= 4 is 29.1 Å². The highest BCUT2D eigenvalue weighted by Gasteiger charge is 2.23. The minimum atomic E-state index is -0.0967. The maximum atomic E-state index is 12.6. The van der Waals surface area contributed by atoms with Crippen molar-refractivity contribution in [3.63, 3.8) is 0 Å². The summed E-state index contributed by atoms with van der Waals surface area (Å²) in [6.45, 7) is 1.32. The lowest BCUT2D eigenvalue weighted by molar-refractivity contribution is 0.0708. The van der Waals surface area contributed by atoms with Crippen LogP contribution in [-0.2, 0) is 0 Å². The fourth-order valence-electron chi connectivity index (χ4n) is 2.55. The van der Waals surface area contributed by atoms with Gasteiger partial charge in [0.15, 0.2) is 0 Å². The van der Waals surface area contributed by atoms with Crippen LogP contribution in [-0.4, -0.2) is 39.9 Å². The van der Waals surface area contributed by atoms with Crippen molar-refractivity contribution in [1.82, 2.24) is 14.9 Å². The highest BCUT2D eigenvalue weighted by molar-refractivity contribution is 6.42. The first kappa shape index (κ1) is 16.2. The van der Waals surface area contributed by atoms with E-state index in [4.69, 9.17) is 28.9 Å². The lowest BCUT2D eigenvalue weighted by atomic mass is 10.1. The molecule has 0 saturated carbocycles. The van der Waals surface area contributed by atoms with Gasteiger partial charge in [0.05, 0.1) is 15.7 Å². The Morgan fingerprint density at radius 1 is 1.13 bits per heavy atom. The maximum Gasteiger partial charge on any atom is 0.272 e. The summed E-state index contributed by atoms with van der Waals surface area (Å²) in [5, 5.41) is 0.922. The molecule has 1 saturated heterocycles. The molecule has 1 amide bonds. The molecule has 2 aromatic rings. The Balaban J connectivity index is 1.84. The zero-order valence-electron chi connectivity index (χ0n) is 12.4. The van der Waals surface area contributed by atoms with Crippen LogP contribution < -0.4 is 5.73 Å². The Kier molecular flexibility index (Phi) is 4.80. The number of likely N-dealkylation sites (tertiary alicyclic amines) is 1. The number of carbonyl (C=O) groups is 1. The molecule has 2 N–H and O–H groups in total. The summed E-state index contributed by atoms with van der Waals surface area (Å²) < 4.78 is 0. The van der Waals surface area contributed by atoms with E-state index >= 15 is 0 Å². The van der Waals surface area contributed by atoms with Crippen molar-refractivity contribution < 1.29 is 4.79 Å². The number of nitrogens with zero attached hydrogens (tertiary/aromatic N) is 3. The van der Waals surface area contributed by atoms with Crippen LogP contribution in [0.4, 0.5) is 0 Å². The van der Waals surface area contributed by atoms with Gasteiger partial charge in [-0.2, -0.15) is 0 Å². The molecular weight excluding hydrogens is 335 g/mol. The third kappa shape index (κ3) is 3.63. The van der Waals surface area contributed by atoms with Gasteiger partial charge in [0.25, 0.3) is 5.91 Å². The quantitative estimate of drug-likeness (QED) is 0.903. The van der Waals surface area contributed by atoms with Gasteiger partial charge in [0.1, 0.15) is 12.0 Å². The fraction of sp³-hybridized carbons (Fsp3) is 0.312. The number of nitrogens with two attached hydrogens (primary N) is 1. The SMILES string of the molecule is NC1CCN(C(=O)c2cc(-c3ccc(Cl)c(Cl)c3)ncn2)CC1. The van der Waals surface area contributed by atoms with Crippen LogP contribution in [0.2, 0.25) is 10.0 Å². The molecule has 0 radical (unpaired) electrons. The monoisotopic (exact) mass is 350 g/mol. The highest BCUT2D eigenvalue weighted by Crippen LogP contribution is 2.27. The third-order valence-corrected chi connectivity index (χ3v) is 4.67.